The summed E-state index contributed by atoms with van der Waals surface area (Å²) in [6, 6.07) is 9.15. The van der Waals surface area contributed by atoms with E-state index in [2.05, 4.69) is 20.5 Å². The summed E-state index contributed by atoms with van der Waals surface area (Å²) in [5.74, 6) is 0.313. The Balaban J connectivity index is 2.18. The first-order valence-corrected chi connectivity index (χ1v) is 5.68. The van der Waals surface area contributed by atoms with Crippen LogP contribution in [0.15, 0.2) is 35.1 Å². The molecule has 94 valence electrons. The molecular formula is C12H14N4O2. The van der Waals surface area contributed by atoms with Gasteiger partial charge in [0.15, 0.2) is 5.69 Å². The Bertz CT molecular complexity index is 554. The van der Waals surface area contributed by atoms with E-state index in [4.69, 9.17) is 5.11 Å². The van der Waals surface area contributed by atoms with Crippen molar-refractivity contribution in [2.75, 3.05) is 18.5 Å². The number of hydrogen-bond donors (Lipinski definition) is 3. The Morgan fingerprint density at radius 1 is 1.22 bits per heavy atom. The van der Waals surface area contributed by atoms with Crippen LogP contribution in [0, 0.1) is 0 Å². The van der Waals surface area contributed by atoms with Crippen LogP contribution in [0.4, 0.5) is 5.95 Å². The zero-order valence-electron chi connectivity index (χ0n) is 9.76. The van der Waals surface area contributed by atoms with Crippen LogP contribution in [-0.2, 0) is 0 Å². The molecule has 0 saturated heterocycles. The summed E-state index contributed by atoms with van der Waals surface area (Å²) in [5.41, 5.74) is 0.735. The molecule has 1 heterocycles. The third kappa shape index (κ3) is 2.92. The molecule has 0 fully saturated rings. The smallest absolute Gasteiger partial charge is 0.279 e. The van der Waals surface area contributed by atoms with Crippen molar-refractivity contribution in [3.05, 3.63) is 40.7 Å². The highest BCUT2D eigenvalue weighted by Gasteiger charge is 2.06. The number of aromatic nitrogens is 3. The lowest BCUT2D eigenvalue weighted by Crippen LogP contribution is -2.17. The predicted octanol–water partition coefficient (Wildman–Crippen LogP) is 0.626. The SMILES string of the molecule is O=c1[nH]c(NCCCO)nnc1-c1ccccc1. The summed E-state index contributed by atoms with van der Waals surface area (Å²) in [6.45, 7) is 0.624. The molecule has 0 atom stereocenters. The molecule has 0 aliphatic rings. The van der Waals surface area contributed by atoms with Gasteiger partial charge in [-0.2, -0.15) is 0 Å². The number of aromatic amines is 1. The van der Waals surface area contributed by atoms with Gasteiger partial charge in [0.25, 0.3) is 5.56 Å². The molecule has 1 aromatic heterocycles. The second-order valence-corrected chi connectivity index (χ2v) is 3.72. The van der Waals surface area contributed by atoms with Crippen LogP contribution in [0.3, 0.4) is 0 Å². The largest absolute Gasteiger partial charge is 0.396 e. The van der Waals surface area contributed by atoms with Crippen molar-refractivity contribution >= 4 is 5.95 Å². The minimum absolute atomic E-state index is 0.0900. The standard InChI is InChI=1S/C12H14N4O2/c17-8-4-7-13-12-14-11(18)10(15-16-12)9-5-2-1-3-6-9/h1-3,5-6,17H,4,7-8H2,(H2,13,14,16,18). The van der Waals surface area contributed by atoms with Crippen molar-refractivity contribution in [3.63, 3.8) is 0 Å². The van der Waals surface area contributed by atoms with Crippen molar-refractivity contribution < 1.29 is 5.11 Å². The Kier molecular flexibility index (Phi) is 4.03. The van der Waals surface area contributed by atoms with Crippen LogP contribution in [0.5, 0.6) is 0 Å². The number of benzene rings is 1. The second kappa shape index (κ2) is 5.92. The van der Waals surface area contributed by atoms with Crippen molar-refractivity contribution in [2.45, 2.75) is 6.42 Å². The first-order valence-electron chi connectivity index (χ1n) is 5.68. The summed E-state index contributed by atoms with van der Waals surface area (Å²) in [5, 5.41) is 19.3. The van der Waals surface area contributed by atoms with E-state index in [1.54, 1.807) is 12.1 Å². The van der Waals surface area contributed by atoms with E-state index < -0.39 is 0 Å². The summed E-state index contributed by atoms with van der Waals surface area (Å²) < 4.78 is 0. The van der Waals surface area contributed by atoms with Gasteiger partial charge in [-0.25, -0.2) is 0 Å². The topological polar surface area (TPSA) is 90.9 Å². The van der Waals surface area contributed by atoms with Crippen molar-refractivity contribution in [1.29, 1.82) is 0 Å². The Hall–Kier alpha value is -2.21. The van der Waals surface area contributed by atoms with Gasteiger partial charge in [-0.15, -0.1) is 10.2 Å². The number of nitrogens with zero attached hydrogens (tertiary/aromatic N) is 2. The van der Waals surface area contributed by atoms with Crippen molar-refractivity contribution in [1.82, 2.24) is 15.2 Å². The third-order valence-corrected chi connectivity index (χ3v) is 2.37. The molecule has 3 N–H and O–H groups in total. The molecule has 6 heteroatoms. The highest BCUT2D eigenvalue weighted by molar-refractivity contribution is 5.57. The van der Waals surface area contributed by atoms with Crippen LogP contribution < -0.4 is 10.9 Å². The maximum atomic E-state index is 11.8. The van der Waals surface area contributed by atoms with E-state index >= 15 is 0 Å². The lowest BCUT2D eigenvalue weighted by atomic mass is 10.2. The number of aliphatic hydroxyl groups is 1. The second-order valence-electron chi connectivity index (χ2n) is 3.72. The summed E-state index contributed by atoms with van der Waals surface area (Å²) in [6.07, 6.45) is 0.587. The van der Waals surface area contributed by atoms with Gasteiger partial charge in [0.2, 0.25) is 5.95 Å². The fourth-order valence-electron chi connectivity index (χ4n) is 1.49. The lowest BCUT2D eigenvalue weighted by molar-refractivity contribution is 0.292. The Labute approximate surface area is 104 Å². The molecule has 1 aromatic carbocycles. The molecular weight excluding hydrogens is 232 g/mol. The number of anilines is 1. The van der Waals surface area contributed by atoms with Gasteiger partial charge in [0, 0.05) is 18.7 Å². The third-order valence-electron chi connectivity index (χ3n) is 2.37. The molecule has 2 rings (SSSR count). The van der Waals surface area contributed by atoms with Crippen LogP contribution in [0.2, 0.25) is 0 Å². The highest BCUT2D eigenvalue weighted by Crippen LogP contribution is 2.10. The molecule has 0 aliphatic heterocycles. The summed E-state index contributed by atoms with van der Waals surface area (Å²) in [4.78, 5) is 14.4. The van der Waals surface area contributed by atoms with E-state index in [1.807, 2.05) is 18.2 Å². The zero-order chi connectivity index (χ0) is 12.8. The van der Waals surface area contributed by atoms with Crippen LogP contribution >= 0.6 is 0 Å². The van der Waals surface area contributed by atoms with Crippen molar-refractivity contribution in [2.24, 2.45) is 0 Å². The number of hydrogen-bond acceptors (Lipinski definition) is 5. The predicted molar refractivity (Wildman–Crippen MR) is 68.3 cm³/mol. The van der Waals surface area contributed by atoms with Gasteiger partial charge in [-0.1, -0.05) is 30.3 Å². The molecule has 2 aromatic rings. The molecule has 0 bridgehead atoms. The molecule has 18 heavy (non-hydrogen) atoms. The molecule has 0 unspecified atom stereocenters. The van der Waals surface area contributed by atoms with Crippen LogP contribution in [0.25, 0.3) is 11.3 Å². The average molecular weight is 246 g/mol. The molecule has 0 radical (unpaired) electrons. The van der Waals surface area contributed by atoms with Crippen molar-refractivity contribution in [3.8, 4) is 11.3 Å². The minimum atomic E-state index is -0.289. The van der Waals surface area contributed by atoms with Gasteiger partial charge in [0.1, 0.15) is 0 Å². The molecule has 0 saturated carbocycles. The average Bonchev–Trinajstić information content (AvgIpc) is 2.40. The number of H-pyrrole nitrogens is 1. The van der Waals surface area contributed by atoms with E-state index in [0.29, 0.717) is 24.6 Å². The maximum Gasteiger partial charge on any atom is 0.279 e. The van der Waals surface area contributed by atoms with Crippen LogP contribution in [-0.4, -0.2) is 33.4 Å². The van der Waals surface area contributed by atoms with E-state index in [0.717, 1.165) is 5.56 Å². The first kappa shape index (κ1) is 12.3. The fourth-order valence-corrected chi connectivity index (χ4v) is 1.49. The molecule has 0 amide bonds. The zero-order valence-corrected chi connectivity index (χ0v) is 9.76. The molecule has 0 aliphatic carbocycles. The van der Waals surface area contributed by atoms with E-state index in [-0.39, 0.29) is 12.2 Å². The number of aliphatic hydroxyl groups excluding tert-OH is 1. The Morgan fingerprint density at radius 2 is 2.00 bits per heavy atom. The quantitative estimate of drug-likeness (QED) is 0.673. The molecule has 0 spiro atoms. The number of rotatable bonds is 5. The number of nitrogens with one attached hydrogen (secondary N) is 2. The normalized spacial score (nSPS) is 10.3. The monoisotopic (exact) mass is 246 g/mol. The summed E-state index contributed by atoms with van der Waals surface area (Å²) >= 11 is 0. The fraction of sp³-hybridized carbons (Fsp3) is 0.250. The minimum Gasteiger partial charge on any atom is -0.396 e. The van der Waals surface area contributed by atoms with Crippen LogP contribution in [0.1, 0.15) is 6.42 Å². The first-order chi connectivity index (χ1) is 8.81. The van der Waals surface area contributed by atoms with Gasteiger partial charge >= 0.3 is 0 Å². The van der Waals surface area contributed by atoms with Gasteiger partial charge in [-0.3, -0.25) is 9.78 Å². The Morgan fingerprint density at radius 3 is 2.67 bits per heavy atom. The van der Waals surface area contributed by atoms with Gasteiger partial charge in [0.05, 0.1) is 0 Å². The lowest BCUT2D eigenvalue weighted by Gasteiger charge is -2.04. The highest BCUT2D eigenvalue weighted by atomic mass is 16.3. The molecule has 6 nitrogen and oxygen atoms in total. The maximum absolute atomic E-state index is 11.8. The van der Waals surface area contributed by atoms with E-state index in [1.165, 1.54) is 0 Å². The van der Waals surface area contributed by atoms with Gasteiger partial charge < -0.3 is 10.4 Å². The summed E-state index contributed by atoms with van der Waals surface area (Å²) in [7, 11) is 0. The van der Waals surface area contributed by atoms with E-state index in [9.17, 15) is 4.79 Å². The van der Waals surface area contributed by atoms with Gasteiger partial charge in [-0.05, 0) is 6.42 Å².